The Hall–Kier alpha value is -2.51. The van der Waals surface area contributed by atoms with E-state index in [4.69, 9.17) is 9.47 Å². The molecule has 30 heavy (non-hydrogen) atoms. The van der Waals surface area contributed by atoms with Crippen molar-refractivity contribution < 1.29 is 9.47 Å². The van der Waals surface area contributed by atoms with Gasteiger partial charge in [0.15, 0.2) is 0 Å². The first-order chi connectivity index (χ1) is 14.6. The third kappa shape index (κ3) is 4.79. The number of hydrogen-bond acceptors (Lipinski definition) is 3. The first-order valence-electron chi connectivity index (χ1n) is 9.56. The zero-order valence-corrected chi connectivity index (χ0v) is 19.3. The van der Waals surface area contributed by atoms with Gasteiger partial charge in [0, 0.05) is 8.95 Å². The van der Waals surface area contributed by atoms with Crippen LogP contribution in [0, 0.1) is 0 Å². The van der Waals surface area contributed by atoms with E-state index in [1.807, 2.05) is 72.8 Å². The van der Waals surface area contributed by atoms with E-state index >= 15 is 0 Å². The lowest BCUT2D eigenvalue weighted by molar-refractivity contribution is 0.290. The summed E-state index contributed by atoms with van der Waals surface area (Å²) in [5.74, 6) is 1.55. The fraction of sp³-hybridized carbons (Fsp3) is 0.174. The second-order valence-electron chi connectivity index (χ2n) is 6.68. The van der Waals surface area contributed by atoms with Crippen LogP contribution in [-0.4, -0.2) is 22.3 Å². The van der Waals surface area contributed by atoms with Crippen molar-refractivity contribution in [3.05, 3.63) is 92.2 Å². The number of para-hydroxylation sites is 2. The van der Waals surface area contributed by atoms with Gasteiger partial charge in [0.05, 0.1) is 24.1 Å². The first-order valence-corrected chi connectivity index (χ1v) is 11.2. The minimum Gasteiger partial charge on any atom is -0.492 e. The molecule has 0 unspecified atom stereocenters. The third-order valence-corrected chi connectivity index (χ3v) is 5.78. The monoisotopic (exact) mass is 530 g/mol. The van der Waals surface area contributed by atoms with Crippen molar-refractivity contribution in [1.82, 2.24) is 9.13 Å². The van der Waals surface area contributed by atoms with Crippen LogP contribution in [0.25, 0.3) is 11.0 Å². The number of imidazole rings is 1. The molecule has 0 aliphatic carbocycles. The van der Waals surface area contributed by atoms with Crippen molar-refractivity contribution >= 4 is 42.9 Å². The van der Waals surface area contributed by atoms with Crippen LogP contribution in [0.4, 0.5) is 0 Å². The van der Waals surface area contributed by atoms with Crippen LogP contribution in [-0.2, 0) is 13.1 Å². The minimum absolute atomic E-state index is 0.0602. The largest absolute Gasteiger partial charge is 0.492 e. The summed E-state index contributed by atoms with van der Waals surface area (Å²) >= 11 is 6.82. The lowest BCUT2D eigenvalue weighted by Gasteiger charge is -2.08. The van der Waals surface area contributed by atoms with Gasteiger partial charge in [-0.3, -0.25) is 9.13 Å². The molecule has 3 aromatic carbocycles. The molecule has 0 bridgehead atoms. The van der Waals surface area contributed by atoms with Gasteiger partial charge in [-0.1, -0.05) is 44.0 Å². The number of rotatable bonds is 8. The van der Waals surface area contributed by atoms with Gasteiger partial charge in [-0.2, -0.15) is 0 Å². The Morgan fingerprint density at radius 2 is 1.03 bits per heavy atom. The van der Waals surface area contributed by atoms with Crippen molar-refractivity contribution in [2.24, 2.45) is 0 Å². The quantitative estimate of drug-likeness (QED) is 0.302. The summed E-state index contributed by atoms with van der Waals surface area (Å²) < 4.78 is 17.1. The smallest absolute Gasteiger partial charge is 0.329 e. The Labute approximate surface area is 191 Å². The van der Waals surface area contributed by atoms with Gasteiger partial charge < -0.3 is 9.47 Å². The second kappa shape index (κ2) is 9.53. The predicted octanol–water partition coefficient (Wildman–Crippen LogP) is 5.49. The molecule has 0 aliphatic heterocycles. The highest BCUT2D eigenvalue weighted by Gasteiger charge is 2.13. The molecule has 0 aliphatic rings. The fourth-order valence-corrected chi connectivity index (χ4v) is 3.80. The lowest BCUT2D eigenvalue weighted by atomic mass is 10.3. The fourth-order valence-electron chi connectivity index (χ4n) is 3.28. The van der Waals surface area contributed by atoms with Crippen molar-refractivity contribution in [1.29, 1.82) is 0 Å². The average molecular weight is 532 g/mol. The zero-order valence-electron chi connectivity index (χ0n) is 16.1. The van der Waals surface area contributed by atoms with Gasteiger partial charge in [-0.05, 0) is 60.7 Å². The number of halogens is 2. The number of aromatic nitrogens is 2. The molecule has 0 radical (unpaired) electrons. The van der Waals surface area contributed by atoms with Crippen LogP contribution in [0.3, 0.4) is 0 Å². The SMILES string of the molecule is O=c1n(CCOc2ccc(Br)cc2)c2ccccc2n1CCOc1ccc(Br)cc1. The molecule has 0 spiro atoms. The van der Waals surface area contributed by atoms with Gasteiger partial charge in [0.1, 0.15) is 24.7 Å². The number of fused-ring (bicyclic) bond motifs is 1. The molecule has 0 N–H and O–H groups in total. The Bertz CT molecular complexity index is 1090. The van der Waals surface area contributed by atoms with E-state index in [9.17, 15) is 4.79 Å². The maximum atomic E-state index is 13.1. The Kier molecular flexibility index (Phi) is 6.59. The van der Waals surface area contributed by atoms with E-state index in [1.165, 1.54) is 0 Å². The maximum absolute atomic E-state index is 13.1. The van der Waals surface area contributed by atoms with Crippen molar-refractivity contribution in [3.8, 4) is 11.5 Å². The van der Waals surface area contributed by atoms with Crippen LogP contribution < -0.4 is 15.2 Å². The molecule has 5 nitrogen and oxygen atoms in total. The molecule has 0 atom stereocenters. The van der Waals surface area contributed by atoms with Gasteiger partial charge in [0.2, 0.25) is 0 Å². The van der Waals surface area contributed by atoms with E-state index < -0.39 is 0 Å². The average Bonchev–Trinajstić information content (AvgIpc) is 3.02. The summed E-state index contributed by atoms with van der Waals surface area (Å²) in [7, 11) is 0. The summed E-state index contributed by atoms with van der Waals surface area (Å²) in [4.78, 5) is 13.1. The predicted molar refractivity (Wildman–Crippen MR) is 125 cm³/mol. The standard InChI is InChI=1S/C23H20Br2N2O3/c24-17-5-9-19(10-6-17)29-15-13-26-21-3-1-2-4-22(21)27(23(26)28)14-16-30-20-11-7-18(25)8-12-20/h1-12H,13-16H2. The van der Waals surface area contributed by atoms with E-state index in [0.29, 0.717) is 26.3 Å². The molecule has 1 heterocycles. The van der Waals surface area contributed by atoms with Crippen LogP contribution in [0.15, 0.2) is 86.5 Å². The Morgan fingerprint density at radius 1 is 0.633 bits per heavy atom. The number of nitrogens with zero attached hydrogens (tertiary/aromatic N) is 2. The van der Waals surface area contributed by atoms with Gasteiger partial charge in [-0.15, -0.1) is 0 Å². The number of ether oxygens (including phenoxy) is 2. The molecule has 154 valence electrons. The second-order valence-corrected chi connectivity index (χ2v) is 8.51. The first kappa shape index (κ1) is 20.8. The molecular weight excluding hydrogens is 512 g/mol. The highest BCUT2D eigenvalue weighted by atomic mass is 79.9. The molecule has 1 aromatic heterocycles. The van der Waals surface area contributed by atoms with Crippen LogP contribution >= 0.6 is 31.9 Å². The van der Waals surface area contributed by atoms with Crippen LogP contribution in [0.5, 0.6) is 11.5 Å². The van der Waals surface area contributed by atoms with Crippen LogP contribution in [0.1, 0.15) is 0 Å². The maximum Gasteiger partial charge on any atom is 0.329 e. The minimum atomic E-state index is -0.0602. The summed E-state index contributed by atoms with van der Waals surface area (Å²) in [6.07, 6.45) is 0. The summed E-state index contributed by atoms with van der Waals surface area (Å²) in [5.41, 5.74) is 1.73. The normalized spacial score (nSPS) is 11.0. The molecule has 7 heteroatoms. The summed E-state index contributed by atoms with van der Waals surface area (Å²) in [6.45, 7) is 1.75. The van der Waals surface area contributed by atoms with Crippen molar-refractivity contribution in [2.45, 2.75) is 13.1 Å². The van der Waals surface area contributed by atoms with Crippen molar-refractivity contribution in [3.63, 3.8) is 0 Å². The van der Waals surface area contributed by atoms with E-state index in [-0.39, 0.29) is 5.69 Å². The van der Waals surface area contributed by atoms with Gasteiger partial charge >= 0.3 is 5.69 Å². The summed E-state index contributed by atoms with van der Waals surface area (Å²) in [5, 5.41) is 0. The molecule has 0 fully saturated rings. The van der Waals surface area contributed by atoms with E-state index in [0.717, 1.165) is 31.5 Å². The highest BCUT2D eigenvalue weighted by molar-refractivity contribution is 9.10. The Morgan fingerprint density at radius 3 is 1.43 bits per heavy atom. The summed E-state index contributed by atoms with van der Waals surface area (Å²) in [6, 6.07) is 23.1. The van der Waals surface area contributed by atoms with E-state index in [2.05, 4.69) is 31.9 Å². The number of benzene rings is 3. The molecule has 0 amide bonds. The molecule has 4 rings (SSSR count). The Balaban J connectivity index is 1.47. The number of hydrogen-bond donors (Lipinski definition) is 0. The van der Waals surface area contributed by atoms with E-state index in [1.54, 1.807) is 9.13 Å². The molecule has 0 saturated heterocycles. The van der Waals surface area contributed by atoms with Gasteiger partial charge in [-0.25, -0.2) is 4.79 Å². The van der Waals surface area contributed by atoms with Crippen molar-refractivity contribution in [2.75, 3.05) is 13.2 Å². The molecular formula is C23H20Br2N2O3. The topological polar surface area (TPSA) is 45.4 Å². The zero-order chi connectivity index (χ0) is 20.9. The highest BCUT2D eigenvalue weighted by Crippen LogP contribution is 2.18. The van der Waals surface area contributed by atoms with Crippen LogP contribution in [0.2, 0.25) is 0 Å². The molecule has 0 saturated carbocycles. The van der Waals surface area contributed by atoms with Gasteiger partial charge in [0.25, 0.3) is 0 Å². The lowest BCUT2D eigenvalue weighted by Crippen LogP contribution is -2.27. The third-order valence-electron chi connectivity index (χ3n) is 4.72. The molecule has 4 aromatic rings.